The average molecular weight is 235 g/mol. The Kier molecular flexibility index (Phi) is 3.97. The fourth-order valence-corrected chi connectivity index (χ4v) is 2.12. The Morgan fingerprint density at radius 2 is 2.29 bits per heavy atom. The van der Waals surface area contributed by atoms with Gasteiger partial charge in [-0.15, -0.1) is 0 Å². The van der Waals surface area contributed by atoms with Crippen molar-refractivity contribution in [3.63, 3.8) is 0 Å². The van der Waals surface area contributed by atoms with E-state index in [1.165, 1.54) is 5.56 Å². The van der Waals surface area contributed by atoms with Crippen molar-refractivity contribution >= 4 is 5.82 Å². The van der Waals surface area contributed by atoms with Crippen molar-refractivity contribution in [2.24, 2.45) is 5.73 Å². The third-order valence-electron chi connectivity index (χ3n) is 3.14. The van der Waals surface area contributed by atoms with Crippen LogP contribution in [0.3, 0.4) is 0 Å². The number of ether oxygens (including phenoxy) is 1. The molecular weight excluding hydrogens is 214 g/mol. The topological polar surface area (TPSA) is 51.4 Å². The highest BCUT2D eigenvalue weighted by Gasteiger charge is 2.24. The lowest BCUT2D eigenvalue weighted by molar-refractivity contribution is 0.0340. The Morgan fingerprint density at radius 3 is 2.94 bits per heavy atom. The van der Waals surface area contributed by atoms with Crippen LogP contribution >= 0.6 is 0 Å². The van der Waals surface area contributed by atoms with Gasteiger partial charge in [0, 0.05) is 12.7 Å². The highest BCUT2D eigenvalue weighted by atomic mass is 16.5. The number of aromatic nitrogens is 1. The van der Waals surface area contributed by atoms with Gasteiger partial charge in [-0.25, -0.2) is 4.98 Å². The summed E-state index contributed by atoms with van der Waals surface area (Å²) in [5.41, 5.74) is 6.73. The summed E-state index contributed by atoms with van der Waals surface area (Å²) in [4.78, 5) is 6.83. The van der Waals surface area contributed by atoms with Crippen molar-refractivity contribution in [2.75, 3.05) is 24.6 Å². The van der Waals surface area contributed by atoms with Gasteiger partial charge in [-0.2, -0.15) is 0 Å². The Morgan fingerprint density at radius 1 is 1.47 bits per heavy atom. The zero-order valence-electron chi connectivity index (χ0n) is 10.6. The van der Waals surface area contributed by atoms with Crippen LogP contribution in [0.25, 0.3) is 0 Å². The molecule has 0 aromatic carbocycles. The first kappa shape index (κ1) is 12.3. The molecule has 2 heterocycles. The molecule has 1 aromatic rings. The molecule has 17 heavy (non-hydrogen) atoms. The summed E-state index contributed by atoms with van der Waals surface area (Å²) in [6.45, 7) is 6.62. The minimum Gasteiger partial charge on any atom is -0.375 e. The van der Waals surface area contributed by atoms with Crippen LogP contribution in [0.4, 0.5) is 5.82 Å². The zero-order valence-corrected chi connectivity index (χ0v) is 10.6. The van der Waals surface area contributed by atoms with Gasteiger partial charge in [-0.1, -0.05) is 6.07 Å². The van der Waals surface area contributed by atoms with E-state index in [9.17, 15) is 0 Å². The number of rotatable bonds is 3. The van der Waals surface area contributed by atoms with Gasteiger partial charge < -0.3 is 15.4 Å². The Labute approximate surface area is 103 Å². The first-order valence-electron chi connectivity index (χ1n) is 6.24. The maximum Gasteiger partial charge on any atom is 0.128 e. The maximum atomic E-state index is 5.62. The molecule has 0 aliphatic carbocycles. The summed E-state index contributed by atoms with van der Waals surface area (Å²) in [5, 5.41) is 0. The molecule has 1 aliphatic rings. The summed E-state index contributed by atoms with van der Waals surface area (Å²) in [7, 11) is 0. The molecular formula is C13H21N3O. The standard InChI is InChI=1S/C13H21N3O/c1-10-9-17-11(2)8-16(10)13-4-3-12(5-6-14)7-15-13/h3-4,7,10-11H,5-6,8-9,14H2,1-2H3. The van der Waals surface area contributed by atoms with E-state index in [-0.39, 0.29) is 6.10 Å². The van der Waals surface area contributed by atoms with E-state index >= 15 is 0 Å². The second-order valence-electron chi connectivity index (χ2n) is 4.71. The van der Waals surface area contributed by atoms with Crippen molar-refractivity contribution in [1.29, 1.82) is 0 Å². The number of hydrogen-bond acceptors (Lipinski definition) is 4. The van der Waals surface area contributed by atoms with Gasteiger partial charge >= 0.3 is 0 Å². The molecule has 1 fully saturated rings. The quantitative estimate of drug-likeness (QED) is 0.855. The molecule has 94 valence electrons. The molecule has 0 spiro atoms. The zero-order chi connectivity index (χ0) is 12.3. The molecule has 4 nitrogen and oxygen atoms in total. The molecule has 2 rings (SSSR count). The smallest absolute Gasteiger partial charge is 0.128 e. The van der Waals surface area contributed by atoms with Crippen LogP contribution in [0, 0.1) is 0 Å². The summed E-state index contributed by atoms with van der Waals surface area (Å²) < 4.78 is 5.62. The third kappa shape index (κ3) is 2.96. The Balaban J connectivity index is 2.10. The summed E-state index contributed by atoms with van der Waals surface area (Å²) in [5.74, 6) is 1.04. The van der Waals surface area contributed by atoms with E-state index < -0.39 is 0 Å². The minimum absolute atomic E-state index is 0.275. The van der Waals surface area contributed by atoms with Gasteiger partial charge in [-0.3, -0.25) is 0 Å². The third-order valence-corrected chi connectivity index (χ3v) is 3.14. The molecule has 0 amide bonds. The molecule has 1 aliphatic heterocycles. The molecule has 0 radical (unpaired) electrons. The Hall–Kier alpha value is -1.13. The fourth-order valence-electron chi connectivity index (χ4n) is 2.12. The first-order chi connectivity index (χ1) is 8.20. The van der Waals surface area contributed by atoms with E-state index in [2.05, 4.69) is 35.9 Å². The van der Waals surface area contributed by atoms with Crippen molar-refractivity contribution in [2.45, 2.75) is 32.4 Å². The van der Waals surface area contributed by atoms with Crippen LogP contribution in [-0.2, 0) is 11.2 Å². The van der Waals surface area contributed by atoms with E-state index in [0.717, 1.165) is 25.4 Å². The lowest BCUT2D eigenvalue weighted by Gasteiger charge is -2.37. The van der Waals surface area contributed by atoms with Crippen LogP contribution in [0.15, 0.2) is 18.3 Å². The average Bonchev–Trinajstić information content (AvgIpc) is 2.34. The van der Waals surface area contributed by atoms with Crippen LogP contribution in [0.1, 0.15) is 19.4 Å². The lowest BCUT2D eigenvalue weighted by atomic mass is 10.2. The van der Waals surface area contributed by atoms with Crippen molar-refractivity contribution < 1.29 is 4.74 Å². The molecule has 4 heteroatoms. The number of hydrogen-bond donors (Lipinski definition) is 1. The van der Waals surface area contributed by atoms with Gasteiger partial charge in [0.1, 0.15) is 5.82 Å². The van der Waals surface area contributed by atoms with E-state index in [4.69, 9.17) is 10.5 Å². The largest absolute Gasteiger partial charge is 0.375 e. The molecule has 2 unspecified atom stereocenters. The van der Waals surface area contributed by atoms with E-state index in [1.807, 2.05) is 6.20 Å². The first-order valence-corrected chi connectivity index (χ1v) is 6.24. The lowest BCUT2D eigenvalue weighted by Crippen LogP contribution is -2.47. The highest BCUT2D eigenvalue weighted by Crippen LogP contribution is 2.19. The number of nitrogens with zero attached hydrogens (tertiary/aromatic N) is 2. The van der Waals surface area contributed by atoms with Crippen LogP contribution < -0.4 is 10.6 Å². The monoisotopic (exact) mass is 235 g/mol. The van der Waals surface area contributed by atoms with Gasteiger partial charge in [0.05, 0.1) is 18.8 Å². The molecule has 0 saturated carbocycles. The minimum atomic E-state index is 0.275. The van der Waals surface area contributed by atoms with Crippen molar-refractivity contribution in [3.8, 4) is 0 Å². The SMILES string of the molecule is CC1CN(c2ccc(CCN)cn2)C(C)CO1. The molecule has 1 aromatic heterocycles. The molecule has 0 bridgehead atoms. The maximum absolute atomic E-state index is 5.62. The number of morpholine rings is 1. The molecule has 1 saturated heterocycles. The summed E-state index contributed by atoms with van der Waals surface area (Å²) >= 11 is 0. The summed E-state index contributed by atoms with van der Waals surface area (Å²) in [6.07, 6.45) is 3.09. The fraction of sp³-hybridized carbons (Fsp3) is 0.615. The normalized spacial score (nSPS) is 25.0. The van der Waals surface area contributed by atoms with Gasteiger partial charge in [-0.05, 0) is 38.4 Å². The number of nitrogens with two attached hydrogens (primary N) is 1. The highest BCUT2D eigenvalue weighted by molar-refractivity contribution is 5.41. The van der Waals surface area contributed by atoms with Crippen molar-refractivity contribution in [3.05, 3.63) is 23.9 Å². The second kappa shape index (κ2) is 5.47. The predicted octanol–water partition coefficient (Wildman–Crippen LogP) is 1.20. The number of pyridine rings is 1. The summed E-state index contributed by atoms with van der Waals surface area (Å²) in [6, 6.07) is 4.58. The van der Waals surface area contributed by atoms with Crippen LogP contribution in [0.2, 0.25) is 0 Å². The second-order valence-corrected chi connectivity index (χ2v) is 4.71. The molecule has 2 atom stereocenters. The van der Waals surface area contributed by atoms with Crippen LogP contribution in [0.5, 0.6) is 0 Å². The molecule has 2 N–H and O–H groups in total. The van der Waals surface area contributed by atoms with Crippen LogP contribution in [-0.4, -0.2) is 36.8 Å². The van der Waals surface area contributed by atoms with Gasteiger partial charge in [0.2, 0.25) is 0 Å². The van der Waals surface area contributed by atoms with E-state index in [1.54, 1.807) is 0 Å². The predicted molar refractivity (Wildman–Crippen MR) is 69.2 cm³/mol. The van der Waals surface area contributed by atoms with E-state index in [0.29, 0.717) is 12.6 Å². The van der Waals surface area contributed by atoms with Crippen molar-refractivity contribution in [1.82, 2.24) is 4.98 Å². The number of anilines is 1. The van der Waals surface area contributed by atoms with Gasteiger partial charge in [0.25, 0.3) is 0 Å². The Bertz CT molecular complexity index is 352. The van der Waals surface area contributed by atoms with Gasteiger partial charge in [0.15, 0.2) is 0 Å².